The first kappa shape index (κ1) is 19.7. The van der Waals surface area contributed by atoms with Crippen LogP contribution in [0.5, 0.6) is 0 Å². The minimum Gasteiger partial charge on any atom is -0.378 e. The number of allylic oxidation sites excluding steroid dienone is 3. The summed E-state index contributed by atoms with van der Waals surface area (Å²) in [4.78, 5) is 24.8. The molecule has 1 fully saturated rings. The number of carbonyl (C=O) groups is 1. The van der Waals surface area contributed by atoms with Gasteiger partial charge >= 0.3 is 0 Å². The molecule has 0 aromatic heterocycles. The van der Waals surface area contributed by atoms with Crippen molar-refractivity contribution < 1.29 is 4.79 Å². The number of amides is 1. The molecule has 0 bridgehead atoms. The van der Waals surface area contributed by atoms with E-state index in [2.05, 4.69) is 31.0 Å². The third kappa shape index (κ3) is 3.47. The highest BCUT2D eigenvalue weighted by Gasteiger charge is 2.44. The van der Waals surface area contributed by atoms with Gasteiger partial charge in [0.05, 0.1) is 11.4 Å². The zero-order chi connectivity index (χ0) is 20.6. The van der Waals surface area contributed by atoms with Gasteiger partial charge in [-0.2, -0.15) is 0 Å². The fourth-order valence-electron chi connectivity index (χ4n) is 4.97. The van der Waals surface area contributed by atoms with Crippen LogP contribution in [0.2, 0.25) is 0 Å². The van der Waals surface area contributed by atoms with Crippen molar-refractivity contribution in [3.05, 3.63) is 53.4 Å². The molecule has 0 atom stereocenters. The second-order valence-electron chi connectivity index (χ2n) is 8.54. The predicted octanol–water partition coefficient (Wildman–Crippen LogP) is 4.09. The van der Waals surface area contributed by atoms with Crippen molar-refractivity contribution in [2.45, 2.75) is 44.6 Å². The van der Waals surface area contributed by atoms with E-state index in [0.717, 1.165) is 50.0 Å². The summed E-state index contributed by atoms with van der Waals surface area (Å²) in [6.45, 7) is 3.60. The molecular weight excluding hydrogens is 360 g/mol. The Hall–Kier alpha value is -2.56. The van der Waals surface area contributed by atoms with Crippen LogP contribution in [0.15, 0.2) is 52.8 Å². The smallest absolute Gasteiger partial charge is 0.253 e. The molecule has 5 nitrogen and oxygen atoms in total. The molecule has 5 heteroatoms. The van der Waals surface area contributed by atoms with Crippen LogP contribution in [0.1, 0.15) is 49.4 Å². The molecule has 3 aliphatic rings. The molecule has 0 N–H and O–H groups in total. The summed E-state index contributed by atoms with van der Waals surface area (Å²) in [5, 5.41) is 0. The SMILES string of the molecule is CC=C1N(C)C2=CCCCC2=NC12CCN(C(=O)c1cccc(N(C)C)c1)CC2. The Morgan fingerprint density at radius 3 is 2.69 bits per heavy atom. The first-order valence-corrected chi connectivity index (χ1v) is 10.7. The summed E-state index contributed by atoms with van der Waals surface area (Å²) in [5.41, 5.74) is 5.46. The van der Waals surface area contributed by atoms with Gasteiger partial charge in [0.2, 0.25) is 0 Å². The average Bonchev–Trinajstić information content (AvgIpc) is 2.74. The largest absolute Gasteiger partial charge is 0.378 e. The van der Waals surface area contributed by atoms with Crippen LogP contribution in [-0.4, -0.2) is 61.2 Å². The quantitative estimate of drug-likeness (QED) is 0.761. The minimum atomic E-state index is -0.185. The van der Waals surface area contributed by atoms with Gasteiger partial charge in [-0.1, -0.05) is 18.2 Å². The summed E-state index contributed by atoms with van der Waals surface area (Å²) in [5.74, 6) is 0.126. The summed E-state index contributed by atoms with van der Waals surface area (Å²) in [6.07, 6.45) is 9.69. The van der Waals surface area contributed by atoms with E-state index in [4.69, 9.17) is 4.99 Å². The van der Waals surface area contributed by atoms with Crippen LogP contribution >= 0.6 is 0 Å². The number of likely N-dealkylation sites (tertiary alicyclic amines) is 1. The fourth-order valence-corrected chi connectivity index (χ4v) is 4.97. The van der Waals surface area contributed by atoms with Crippen LogP contribution < -0.4 is 4.90 Å². The van der Waals surface area contributed by atoms with Gasteiger partial charge in [-0.25, -0.2) is 0 Å². The van der Waals surface area contributed by atoms with Crippen LogP contribution in [0, 0.1) is 0 Å². The molecule has 1 spiro atoms. The summed E-state index contributed by atoms with van der Waals surface area (Å²) < 4.78 is 0. The molecular formula is C24H32N4O. The monoisotopic (exact) mass is 392 g/mol. The maximum absolute atomic E-state index is 13.1. The lowest BCUT2D eigenvalue weighted by molar-refractivity contribution is 0.0677. The van der Waals surface area contributed by atoms with E-state index >= 15 is 0 Å². The van der Waals surface area contributed by atoms with Gasteiger partial charge < -0.3 is 14.7 Å². The van der Waals surface area contributed by atoms with E-state index in [-0.39, 0.29) is 11.4 Å². The third-order valence-corrected chi connectivity index (χ3v) is 6.56. The Balaban J connectivity index is 1.55. The van der Waals surface area contributed by atoms with E-state index in [1.807, 2.05) is 48.2 Å². The summed E-state index contributed by atoms with van der Waals surface area (Å²) >= 11 is 0. The lowest BCUT2D eigenvalue weighted by Gasteiger charge is -2.48. The van der Waals surface area contributed by atoms with Crippen molar-refractivity contribution in [3.8, 4) is 0 Å². The number of fused-ring (bicyclic) bond motifs is 1. The molecule has 0 unspecified atom stereocenters. The van der Waals surface area contributed by atoms with Crippen molar-refractivity contribution in [2.75, 3.05) is 39.1 Å². The molecule has 0 saturated carbocycles. The van der Waals surface area contributed by atoms with Gasteiger partial charge in [0.15, 0.2) is 0 Å². The number of likely N-dealkylation sites (N-methyl/N-ethyl adjacent to an activating group) is 1. The molecule has 1 aliphatic carbocycles. The topological polar surface area (TPSA) is 39.1 Å². The Labute approximate surface area is 174 Å². The Morgan fingerprint density at radius 1 is 1.24 bits per heavy atom. The van der Waals surface area contributed by atoms with Gasteiger partial charge in [-0.3, -0.25) is 9.79 Å². The van der Waals surface area contributed by atoms with Crippen LogP contribution in [0.4, 0.5) is 5.69 Å². The van der Waals surface area contributed by atoms with Crippen molar-refractivity contribution in [2.24, 2.45) is 4.99 Å². The predicted molar refractivity (Wildman–Crippen MR) is 120 cm³/mol. The lowest BCUT2D eigenvalue weighted by atomic mass is 9.80. The number of carbonyl (C=O) groups excluding carboxylic acids is 1. The zero-order valence-electron chi connectivity index (χ0n) is 18.1. The summed E-state index contributed by atoms with van der Waals surface area (Å²) in [7, 11) is 6.17. The average molecular weight is 393 g/mol. The number of hydrogen-bond acceptors (Lipinski definition) is 4. The zero-order valence-corrected chi connectivity index (χ0v) is 18.1. The lowest BCUT2D eigenvalue weighted by Crippen LogP contribution is -2.52. The molecule has 1 saturated heterocycles. The maximum Gasteiger partial charge on any atom is 0.253 e. The highest BCUT2D eigenvalue weighted by atomic mass is 16.2. The minimum absolute atomic E-state index is 0.126. The molecule has 29 heavy (non-hydrogen) atoms. The number of anilines is 1. The van der Waals surface area contributed by atoms with E-state index in [1.165, 1.54) is 23.5 Å². The first-order valence-electron chi connectivity index (χ1n) is 10.7. The van der Waals surface area contributed by atoms with Crippen molar-refractivity contribution in [3.63, 3.8) is 0 Å². The molecule has 1 amide bonds. The van der Waals surface area contributed by atoms with Crippen molar-refractivity contribution in [1.29, 1.82) is 0 Å². The normalized spacial score (nSPS) is 22.3. The fraction of sp³-hybridized carbons (Fsp3) is 0.500. The molecule has 1 aromatic rings. The number of aliphatic imine (C=N–C) groups is 1. The first-order chi connectivity index (χ1) is 13.9. The van der Waals surface area contributed by atoms with Crippen molar-refractivity contribution in [1.82, 2.24) is 9.80 Å². The molecule has 2 aliphatic heterocycles. The van der Waals surface area contributed by atoms with E-state index < -0.39 is 0 Å². The van der Waals surface area contributed by atoms with Gasteiger partial charge in [0.1, 0.15) is 5.54 Å². The maximum atomic E-state index is 13.1. The second kappa shape index (κ2) is 7.69. The van der Waals surface area contributed by atoms with Crippen LogP contribution in [0.25, 0.3) is 0 Å². The molecule has 4 rings (SSSR count). The number of piperidine rings is 1. The van der Waals surface area contributed by atoms with Gasteiger partial charge in [0.25, 0.3) is 5.91 Å². The van der Waals surface area contributed by atoms with E-state index in [0.29, 0.717) is 0 Å². The number of rotatable bonds is 2. The van der Waals surface area contributed by atoms with Gasteiger partial charge in [-0.15, -0.1) is 0 Å². The van der Waals surface area contributed by atoms with E-state index in [9.17, 15) is 4.79 Å². The molecule has 1 aromatic carbocycles. The van der Waals surface area contributed by atoms with E-state index in [1.54, 1.807) is 0 Å². The van der Waals surface area contributed by atoms with Gasteiger partial charge in [-0.05, 0) is 57.2 Å². The molecule has 0 radical (unpaired) electrons. The van der Waals surface area contributed by atoms with Crippen LogP contribution in [-0.2, 0) is 0 Å². The molecule has 154 valence electrons. The van der Waals surface area contributed by atoms with Crippen LogP contribution in [0.3, 0.4) is 0 Å². The Bertz CT molecular complexity index is 888. The Kier molecular flexibility index (Phi) is 5.24. The van der Waals surface area contributed by atoms with Gasteiger partial charge in [0, 0.05) is 51.2 Å². The highest BCUT2D eigenvalue weighted by molar-refractivity contribution is 6.02. The number of benzene rings is 1. The second-order valence-corrected chi connectivity index (χ2v) is 8.54. The number of nitrogens with zero attached hydrogens (tertiary/aromatic N) is 4. The molecule has 2 heterocycles. The number of hydrogen-bond donors (Lipinski definition) is 0. The highest BCUT2D eigenvalue weighted by Crippen LogP contribution is 2.42. The standard InChI is InChI=1S/C24H32N4O/c1-5-22-24(25-20-11-6-7-12-21(20)27(22)4)13-15-28(16-14-24)23(29)18-9-8-10-19(17-18)26(2)3/h5,8-10,12,17H,6-7,11,13-16H2,1-4H3. The third-order valence-electron chi connectivity index (χ3n) is 6.56. The van der Waals surface area contributed by atoms with Crippen molar-refractivity contribution >= 4 is 17.3 Å². The Morgan fingerprint density at radius 2 is 2.00 bits per heavy atom. The summed E-state index contributed by atoms with van der Waals surface area (Å²) in [6, 6.07) is 7.90.